The first-order valence-electron chi connectivity index (χ1n) is 9.35. The van der Waals surface area contributed by atoms with Crippen molar-refractivity contribution >= 4 is 29.9 Å². The molecule has 1 unspecified atom stereocenters. The highest BCUT2D eigenvalue weighted by Crippen LogP contribution is 2.12. The summed E-state index contributed by atoms with van der Waals surface area (Å²) in [5, 5.41) is 6.60. The number of benzene rings is 1. The fourth-order valence-corrected chi connectivity index (χ4v) is 2.76. The quantitative estimate of drug-likeness (QED) is 0.297. The summed E-state index contributed by atoms with van der Waals surface area (Å²) in [6.45, 7) is 9.07. The topological polar surface area (TPSA) is 48.9 Å². The number of hydrogen-bond donors (Lipinski definition) is 2. The van der Waals surface area contributed by atoms with Crippen LogP contribution in [0.3, 0.4) is 0 Å². The Labute approximate surface area is 181 Å². The van der Waals surface area contributed by atoms with E-state index < -0.39 is 0 Å². The summed E-state index contributed by atoms with van der Waals surface area (Å²) in [6.07, 6.45) is 1.17. The van der Waals surface area contributed by atoms with Crippen LogP contribution in [-0.4, -0.2) is 51.3 Å². The van der Waals surface area contributed by atoms with Crippen LogP contribution in [0.2, 0.25) is 0 Å². The number of ether oxygens (including phenoxy) is 1. The number of guanidine groups is 1. The number of halogens is 2. The molecule has 0 aromatic heterocycles. The molecule has 0 amide bonds. The maximum atomic E-state index is 13.9. The first kappa shape index (κ1) is 26.1. The van der Waals surface area contributed by atoms with Gasteiger partial charge in [-0.1, -0.05) is 19.9 Å². The first-order chi connectivity index (χ1) is 12.4. The Hall–Kier alpha value is -0.930. The van der Waals surface area contributed by atoms with Gasteiger partial charge < -0.3 is 20.3 Å². The highest BCUT2D eigenvalue weighted by Gasteiger charge is 2.13. The van der Waals surface area contributed by atoms with E-state index in [9.17, 15) is 4.39 Å². The lowest BCUT2D eigenvalue weighted by molar-refractivity contribution is 0.0258. The average Bonchev–Trinajstić information content (AvgIpc) is 2.58. The molecule has 0 spiro atoms. The van der Waals surface area contributed by atoms with Gasteiger partial charge in [0.15, 0.2) is 5.96 Å². The van der Waals surface area contributed by atoms with Crippen molar-refractivity contribution in [1.29, 1.82) is 0 Å². The molecular formula is C20H36FIN4O. The highest BCUT2D eigenvalue weighted by atomic mass is 127. The molecule has 0 fully saturated rings. The van der Waals surface area contributed by atoms with Crippen molar-refractivity contribution in [3.05, 3.63) is 35.1 Å². The van der Waals surface area contributed by atoms with Crippen molar-refractivity contribution in [2.24, 2.45) is 10.9 Å². The molecule has 27 heavy (non-hydrogen) atoms. The van der Waals surface area contributed by atoms with Crippen LogP contribution in [0.15, 0.2) is 23.2 Å². The fraction of sp³-hybridized carbons (Fsp3) is 0.650. The maximum absolute atomic E-state index is 13.9. The van der Waals surface area contributed by atoms with Gasteiger partial charge in [0.25, 0.3) is 0 Å². The molecule has 0 heterocycles. The first-order valence-corrected chi connectivity index (χ1v) is 9.35. The van der Waals surface area contributed by atoms with Gasteiger partial charge in [-0.25, -0.2) is 4.39 Å². The predicted molar refractivity (Wildman–Crippen MR) is 122 cm³/mol. The van der Waals surface area contributed by atoms with Crippen molar-refractivity contribution < 1.29 is 9.13 Å². The third-order valence-electron chi connectivity index (χ3n) is 4.13. The Morgan fingerprint density at radius 1 is 1.26 bits per heavy atom. The zero-order chi connectivity index (χ0) is 19.5. The molecule has 156 valence electrons. The van der Waals surface area contributed by atoms with Gasteiger partial charge in [0.05, 0.1) is 6.10 Å². The third kappa shape index (κ3) is 10.3. The van der Waals surface area contributed by atoms with E-state index in [2.05, 4.69) is 29.5 Å². The smallest absolute Gasteiger partial charge is 0.191 e. The van der Waals surface area contributed by atoms with Gasteiger partial charge in [-0.15, -0.1) is 24.0 Å². The van der Waals surface area contributed by atoms with E-state index in [4.69, 9.17) is 4.74 Å². The van der Waals surface area contributed by atoms with E-state index >= 15 is 0 Å². The Kier molecular flexibility index (Phi) is 13.6. The second-order valence-electron chi connectivity index (χ2n) is 7.04. The molecule has 5 nitrogen and oxygen atoms in total. The number of nitrogens with one attached hydrogen (secondary N) is 2. The van der Waals surface area contributed by atoms with Gasteiger partial charge in [0.1, 0.15) is 5.82 Å². The van der Waals surface area contributed by atoms with Gasteiger partial charge in [-0.2, -0.15) is 0 Å². The zero-order valence-electron chi connectivity index (χ0n) is 17.5. The Balaban J connectivity index is 0.00000676. The Morgan fingerprint density at radius 3 is 2.52 bits per heavy atom. The van der Waals surface area contributed by atoms with Crippen molar-refractivity contribution in [2.75, 3.05) is 34.3 Å². The molecule has 1 rings (SSSR count). The second kappa shape index (κ2) is 14.1. The molecule has 0 radical (unpaired) electrons. The number of nitrogens with zero attached hydrogens (tertiary/aromatic N) is 2. The summed E-state index contributed by atoms with van der Waals surface area (Å²) in [5.41, 5.74) is 1.73. The average molecular weight is 494 g/mol. The van der Waals surface area contributed by atoms with E-state index in [1.807, 2.05) is 32.0 Å². The number of hydrogen-bond acceptors (Lipinski definition) is 3. The summed E-state index contributed by atoms with van der Waals surface area (Å²) in [5.74, 6) is 1.06. The summed E-state index contributed by atoms with van der Waals surface area (Å²) >= 11 is 0. The zero-order valence-corrected chi connectivity index (χ0v) is 19.8. The normalized spacial score (nSPS) is 12.9. The van der Waals surface area contributed by atoms with Crippen LogP contribution in [0.4, 0.5) is 4.39 Å². The van der Waals surface area contributed by atoms with Crippen molar-refractivity contribution in [3.63, 3.8) is 0 Å². The molecule has 2 N–H and O–H groups in total. The predicted octanol–water partition coefficient (Wildman–Crippen LogP) is 3.62. The molecule has 7 heteroatoms. The van der Waals surface area contributed by atoms with Crippen LogP contribution in [0.25, 0.3) is 0 Å². The summed E-state index contributed by atoms with van der Waals surface area (Å²) in [6, 6.07) is 5.24. The van der Waals surface area contributed by atoms with Gasteiger partial charge in [0, 0.05) is 38.9 Å². The van der Waals surface area contributed by atoms with Crippen LogP contribution < -0.4 is 10.6 Å². The molecule has 0 aliphatic rings. The van der Waals surface area contributed by atoms with Crippen LogP contribution in [0.5, 0.6) is 0 Å². The molecule has 1 atom stereocenters. The number of aliphatic imine (C=N–C) groups is 1. The Bertz CT molecular complexity index is 567. The Morgan fingerprint density at radius 2 is 1.96 bits per heavy atom. The maximum Gasteiger partial charge on any atom is 0.191 e. The monoisotopic (exact) mass is 494 g/mol. The van der Waals surface area contributed by atoms with Crippen molar-refractivity contribution in [2.45, 2.75) is 46.4 Å². The van der Waals surface area contributed by atoms with Crippen LogP contribution >= 0.6 is 24.0 Å². The van der Waals surface area contributed by atoms with E-state index in [0.717, 1.165) is 31.1 Å². The molecule has 0 bridgehead atoms. The van der Waals surface area contributed by atoms with Gasteiger partial charge in [-0.05, 0) is 51.1 Å². The minimum Gasteiger partial charge on any atom is -0.378 e. The summed E-state index contributed by atoms with van der Waals surface area (Å²) in [4.78, 5) is 6.21. The van der Waals surface area contributed by atoms with E-state index in [1.165, 1.54) is 6.07 Å². The third-order valence-corrected chi connectivity index (χ3v) is 4.13. The second-order valence-corrected chi connectivity index (χ2v) is 7.04. The lowest BCUT2D eigenvalue weighted by Crippen LogP contribution is -2.39. The van der Waals surface area contributed by atoms with Gasteiger partial charge in [-0.3, -0.25) is 4.99 Å². The van der Waals surface area contributed by atoms with Crippen LogP contribution in [0, 0.1) is 11.7 Å². The molecule has 1 aromatic rings. The van der Waals surface area contributed by atoms with E-state index in [0.29, 0.717) is 24.6 Å². The fourth-order valence-electron chi connectivity index (χ4n) is 2.76. The van der Waals surface area contributed by atoms with Gasteiger partial charge >= 0.3 is 0 Å². The SMILES string of the molecule is CCOC(CCNC(=NC)NCc1ccc(F)c(CN(C)C)c1)C(C)C.I. The van der Waals surface area contributed by atoms with Crippen molar-refractivity contribution in [1.82, 2.24) is 15.5 Å². The summed E-state index contributed by atoms with van der Waals surface area (Å²) < 4.78 is 19.6. The van der Waals surface area contributed by atoms with Crippen LogP contribution in [-0.2, 0) is 17.8 Å². The summed E-state index contributed by atoms with van der Waals surface area (Å²) in [7, 11) is 5.62. The molecule has 0 aliphatic carbocycles. The highest BCUT2D eigenvalue weighted by molar-refractivity contribution is 14.0. The van der Waals surface area contributed by atoms with E-state index in [1.54, 1.807) is 13.1 Å². The van der Waals surface area contributed by atoms with Gasteiger partial charge in [0.2, 0.25) is 0 Å². The molecule has 0 saturated heterocycles. The molecule has 0 saturated carbocycles. The minimum absolute atomic E-state index is 0. The van der Waals surface area contributed by atoms with Crippen LogP contribution in [0.1, 0.15) is 38.3 Å². The largest absolute Gasteiger partial charge is 0.378 e. The number of rotatable bonds is 10. The lowest BCUT2D eigenvalue weighted by atomic mass is 10.0. The lowest BCUT2D eigenvalue weighted by Gasteiger charge is -2.21. The van der Waals surface area contributed by atoms with Crippen molar-refractivity contribution in [3.8, 4) is 0 Å². The molecule has 1 aromatic carbocycles. The molecular weight excluding hydrogens is 458 g/mol. The molecule has 0 aliphatic heterocycles. The minimum atomic E-state index is -0.166. The standard InChI is InChI=1S/C20H35FN4O.HI/c1-7-26-19(15(2)3)10-11-23-20(22-4)24-13-16-8-9-18(21)17(12-16)14-25(5)6;/h8-9,12,15,19H,7,10-11,13-14H2,1-6H3,(H2,22,23,24);1H. The van der Waals surface area contributed by atoms with E-state index in [-0.39, 0.29) is 35.9 Å².